The Morgan fingerprint density at radius 1 is 1.00 bits per heavy atom. The summed E-state index contributed by atoms with van der Waals surface area (Å²) in [5, 5.41) is 0. The summed E-state index contributed by atoms with van der Waals surface area (Å²) in [6.45, 7) is 10.3. The Hall–Kier alpha value is -0.570. The van der Waals surface area contributed by atoms with Crippen LogP contribution in [0, 0.1) is 0 Å². The standard InChI is InChI=1S/C15H31NO2/c1-5-7-9-11-16(12-10-8-6-2)15(17)13-18-14(3)4/h14H,5-13H2,1-4H3. The van der Waals surface area contributed by atoms with Crippen LogP contribution in [0.3, 0.4) is 0 Å². The molecule has 1 amide bonds. The van der Waals surface area contributed by atoms with E-state index in [2.05, 4.69) is 13.8 Å². The molecule has 0 saturated carbocycles. The van der Waals surface area contributed by atoms with Gasteiger partial charge in [-0.3, -0.25) is 4.79 Å². The van der Waals surface area contributed by atoms with Crippen molar-refractivity contribution in [3.05, 3.63) is 0 Å². The van der Waals surface area contributed by atoms with Gasteiger partial charge in [0.05, 0.1) is 6.10 Å². The SMILES string of the molecule is CCCCCN(CCCCC)C(=O)COC(C)C. The maximum Gasteiger partial charge on any atom is 0.248 e. The number of carbonyl (C=O) groups is 1. The Balaban J connectivity index is 4.03. The molecule has 0 aromatic heterocycles. The normalized spacial score (nSPS) is 10.9. The Labute approximate surface area is 113 Å². The molecule has 0 heterocycles. The molecule has 0 rings (SSSR count). The minimum atomic E-state index is 0.127. The molecule has 3 heteroatoms. The van der Waals surface area contributed by atoms with Crippen LogP contribution in [-0.4, -0.2) is 36.6 Å². The lowest BCUT2D eigenvalue weighted by Crippen LogP contribution is -2.36. The van der Waals surface area contributed by atoms with Gasteiger partial charge < -0.3 is 9.64 Å². The van der Waals surface area contributed by atoms with E-state index in [1.165, 1.54) is 25.7 Å². The molecule has 0 N–H and O–H groups in total. The van der Waals surface area contributed by atoms with Gasteiger partial charge in [-0.15, -0.1) is 0 Å². The smallest absolute Gasteiger partial charge is 0.248 e. The average molecular weight is 257 g/mol. The number of hydrogen-bond donors (Lipinski definition) is 0. The van der Waals surface area contributed by atoms with Crippen molar-refractivity contribution in [2.45, 2.75) is 72.3 Å². The molecule has 0 bridgehead atoms. The molecule has 0 aliphatic heterocycles. The number of ether oxygens (including phenoxy) is 1. The van der Waals surface area contributed by atoms with Crippen molar-refractivity contribution in [3.63, 3.8) is 0 Å². The number of rotatable bonds is 11. The molecule has 0 spiro atoms. The highest BCUT2D eigenvalue weighted by atomic mass is 16.5. The van der Waals surface area contributed by atoms with E-state index < -0.39 is 0 Å². The second-order valence-corrected chi connectivity index (χ2v) is 5.15. The fourth-order valence-electron chi connectivity index (χ4n) is 1.80. The van der Waals surface area contributed by atoms with E-state index in [0.29, 0.717) is 0 Å². The van der Waals surface area contributed by atoms with Crippen LogP contribution < -0.4 is 0 Å². The Kier molecular flexibility index (Phi) is 11.2. The first-order chi connectivity index (χ1) is 8.61. The van der Waals surface area contributed by atoms with Gasteiger partial charge in [0, 0.05) is 13.1 Å². The first-order valence-corrected chi connectivity index (χ1v) is 7.51. The van der Waals surface area contributed by atoms with Gasteiger partial charge in [-0.25, -0.2) is 0 Å². The van der Waals surface area contributed by atoms with Crippen LogP contribution in [0.25, 0.3) is 0 Å². The summed E-state index contributed by atoms with van der Waals surface area (Å²) in [4.78, 5) is 14.0. The van der Waals surface area contributed by atoms with Gasteiger partial charge in [0.15, 0.2) is 0 Å². The minimum Gasteiger partial charge on any atom is -0.369 e. The molecule has 18 heavy (non-hydrogen) atoms. The van der Waals surface area contributed by atoms with Crippen LogP contribution in [0.15, 0.2) is 0 Å². The summed E-state index contributed by atoms with van der Waals surface area (Å²) >= 11 is 0. The molecule has 108 valence electrons. The average Bonchev–Trinajstić information content (AvgIpc) is 2.34. The lowest BCUT2D eigenvalue weighted by Gasteiger charge is -2.23. The van der Waals surface area contributed by atoms with Crippen molar-refractivity contribution in [1.82, 2.24) is 4.90 Å². The Bertz CT molecular complexity index is 195. The highest BCUT2D eigenvalue weighted by Gasteiger charge is 2.13. The first-order valence-electron chi connectivity index (χ1n) is 7.51. The number of hydrogen-bond acceptors (Lipinski definition) is 2. The molecule has 0 atom stereocenters. The summed E-state index contributed by atoms with van der Waals surface area (Å²) in [7, 11) is 0. The largest absolute Gasteiger partial charge is 0.369 e. The van der Waals surface area contributed by atoms with Gasteiger partial charge in [-0.2, -0.15) is 0 Å². The van der Waals surface area contributed by atoms with Crippen molar-refractivity contribution >= 4 is 5.91 Å². The van der Waals surface area contributed by atoms with Crippen LogP contribution in [-0.2, 0) is 9.53 Å². The van der Waals surface area contributed by atoms with E-state index in [9.17, 15) is 4.79 Å². The summed E-state index contributed by atoms with van der Waals surface area (Å²) < 4.78 is 5.41. The topological polar surface area (TPSA) is 29.5 Å². The Morgan fingerprint density at radius 2 is 1.50 bits per heavy atom. The van der Waals surface area contributed by atoms with Crippen molar-refractivity contribution in [3.8, 4) is 0 Å². The van der Waals surface area contributed by atoms with Crippen molar-refractivity contribution in [2.75, 3.05) is 19.7 Å². The number of nitrogens with zero attached hydrogens (tertiary/aromatic N) is 1. The summed E-state index contributed by atoms with van der Waals surface area (Å²) in [6.07, 6.45) is 7.12. The number of carbonyl (C=O) groups excluding carboxylic acids is 1. The molecular weight excluding hydrogens is 226 g/mol. The molecule has 0 aromatic rings. The van der Waals surface area contributed by atoms with Gasteiger partial charge >= 0.3 is 0 Å². The zero-order chi connectivity index (χ0) is 13.8. The van der Waals surface area contributed by atoms with E-state index in [-0.39, 0.29) is 18.6 Å². The van der Waals surface area contributed by atoms with E-state index >= 15 is 0 Å². The molecule has 0 unspecified atom stereocenters. The monoisotopic (exact) mass is 257 g/mol. The van der Waals surface area contributed by atoms with E-state index in [0.717, 1.165) is 25.9 Å². The van der Waals surface area contributed by atoms with Gasteiger partial charge in [0.1, 0.15) is 6.61 Å². The van der Waals surface area contributed by atoms with Crippen molar-refractivity contribution in [1.29, 1.82) is 0 Å². The second kappa shape index (κ2) is 11.5. The number of amides is 1. The van der Waals surface area contributed by atoms with Gasteiger partial charge in [-0.05, 0) is 26.7 Å². The molecule has 0 aliphatic rings. The van der Waals surface area contributed by atoms with Crippen molar-refractivity contribution in [2.24, 2.45) is 0 Å². The first kappa shape index (κ1) is 17.4. The van der Waals surface area contributed by atoms with E-state index in [4.69, 9.17) is 4.74 Å². The van der Waals surface area contributed by atoms with Crippen LogP contribution in [0.2, 0.25) is 0 Å². The zero-order valence-corrected chi connectivity index (χ0v) is 12.7. The highest BCUT2D eigenvalue weighted by molar-refractivity contribution is 5.77. The fourth-order valence-corrected chi connectivity index (χ4v) is 1.80. The van der Waals surface area contributed by atoms with E-state index in [1.807, 2.05) is 18.7 Å². The molecule has 0 aliphatic carbocycles. The molecule has 0 aromatic carbocycles. The van der Waals surface area contributed by atoms with Crippen LogP contribution in [0.1, 0.15) is 66.2 Å². The zero-order valence-electron chi connectivity index (χ0n) is 12.7. The van der Waals surface area contributed by atoms with Gasteiger partial charge in [0.2, 0.25) is 5.91 Å². The maximum absolute atomic E-state index is 12.0. The second-order valence-electron chi connectivity index (χ2n) is 5.15. The lowest BCUT2D eigenvalue weighted by molar-refractivity contribution is -0.137. The molecule has 0 fully saturated rings. The molecule has 0 saturated heterocycles. The van der Waals surface area contributed by atoms with Crippen LogP contribution in [0.5, 0.6) is 0 Å². The fraction of sp³-hybridized carbons (Fsp3) is 0.933. The van der Waals surface area contributed by atoms with Crippen LogP contribution >= 0.6 is 0 Å². The quantitative estimate of drug-likeness (QED) is 0.529. The van der Waals surface area contributed by atoms with E-state index in [1.54, 1.807) is 0 Å². The number of unbranched alkanes of at least 4 members (excludes halogenated alkanes) is 4. The van der Waals surface area contributed by atoms with Gasteiger partial charge in [-0.1, -0.05) is 39.5 Å². The van der Waals surface area contributed by atoms with Gasteiger partial charge in [0.25, 0.3) is 0 Å². The summed E-state index contributed by atoms with van der Waals surface area (Å²) in [5.74, 6) is 0.149. The third kappa shape index (κ3) is 9.46. The minimum absolute atomic E-state index is 0.127. The molecule has 0 radical (unpaired) electrons. The lowest BCUT2D eigenvalue weighted by atomic mass is 10.2. The van der Waals surface area contributed by atoms with Crippen LogP contribution in [0.4, 0.5) is 0 Å². The highest BCUT2D eigenvalue weighted by Crippen LogP contribution is 2.04. The summed E-state index contributed by atoms with van der Waals surface area (Å²) in [6, 6.07) is 0. The third-order valence-corrected chi connectivity index (χ3v) is 2.96. The Morgan fingerprint density at radius 3 is 1.89 bits per heavy atom. The molecular formula is C15H31NO2. The predicted molar refractivity (Wildman–Crippen MR) is 76.7 cm³/mol. The third-order valence-electron chi connectivity index (χ3n) is 2.96. The maximum atomic E-state index is 12.0. The summed E-state index contributed by atoms with van der Waals surface area (Å²) in [5.41, 5.74) is 0. The van der Waals surface area contributed by atoms with Crippen molar-refractivity contribution < 1.29 is 9.53 Å². The predicted octanol–water partition coefficient (Wildman–Crippen LogP) is 3.62. The molecule has 3 nitrogen and oxygen atoms in total.